The molecule has 2 fully saturated rings. The summed E-state index contributed by atoms with van der Waals surface area (Å²) in [6, 6.07) is 0.0255. The van der Waals surface area contributed by atoms with Gasteiger partial charge in [0, 0.05) is 19.2 Å². The molecule has 3 N–H and O–H groups in total. The van der Waals surface area contributed by atoms with Crippen LogP contribution in [0.3, 0.4) is 0 Å². The Labute approximate surface area is 108 Å². The van der Waals surface area contributed by atoms with Crippen molar-refractivity contribution in [3.8, 4) is 0 Å². The number of rotatable bonds is 7. The lowest BCUT2D eigenvalue weighted by Crippen LogP contribution is -2.47. The van der Waals surface area contributed by atoms with E-state index in [1.807, 2.05) is 6.92 Å². The van der Waals surface area contributed by atoms with Gasteiger partial charge in [-0.15, -0.1) is 0 Å². The molecule has 5 heteroatoms. The second kappa shape index (κ2) is 5.99. The molecule has 0 heterocycles. The second-order valence-electron chi connectivity index (χ2n) is 5.44. The SMILES string of the molecule is CCOCC(O)CNC1C2CCC(C2)C1C(=O)O. The summed E-state index contributed by atoms with van der Waals surface area (Å²) in [5, 5.41) is 22.2. The lowest BCUT2D eigenvalue weighted by Gasteiger charge is -2.29. The molecule has 0 aromatic carbocycles. The van der Waals surface area contributed by atoms with Crippen LogP contribution in [-0.4, -0.2) is 48.1 Å². The zero-order valence-corrected chi connectivity index (χ0v) is 10.8. The molecular weight excluding hydrogens is 234 g/mol. The largest absolute Gasteiger partial charge is 0.481 e. The molecule has 0 aliphatic heterocycles. The van der Waals surface area contributed by atoms with Crippen molar-refractivity contribution in [3.05, 3.63) is 0 Å². The van der Waals surface area contributed by atoms with Gasteiger partial charge in [-0.3, -0.25) is 4.79 Å². The van der Waals surface area contributed by atoms with Gasteiger partial charge in [-0.05, 0) is 38.0 Å². The molecule has 2 aliphatic rings. The Morgan fingerprint density at radius 2 is 2.17 bits per heavy atom. The summed E-state index contributed by atoms with van der Waals surface area (Å²) in [6.07, 6.45) is 2.63. The van der Waals surface area contributed by atoms with E-state index >= 15 is 0 Å². The van der Waals surface area contributed by atoms with Crippen LogP contribution in [0.15, 0.2) is 0 Å². The third-order valence-electron chi connectivity index (χ3n) is 4.31. The molecule has 104 valence electrons. The van der Waals surface area contributed by atoms with Gasteiger partial charge in [0.1, 0.15) is 0 Å². The maximum atomic E-state index is 11.3. The molecule has 0 radical (unpaired) electrons. The Kier molecular flexibility index (Phi) is 4.59. The number of carboxylic acids is 1. The van der Waals surface area contributed by atoms with Crippen LogP contribution < -0.4 is 5.32 Å². The summed E-state index contributed by atoms with van der Waals surface area (Å²) >= 11 is 0. The van der Waals surface area contributed by atoms with Crippen molar-refractivity contribution >= 4 is 5.97 Å². The van der Waals surface area contributed by atoms with Crippen molar-refractivity contribution in [2.75, 3.05) is 19.8 Å². The van der Waals surface area contributed by atoms with Gasteiger partial charge in [-0.2, -0.15) is 0 Å². The topological polar surface area (TPSA) is 78.8 Å². The molecule has 5 atom stereocenters. The van der Waals surface area contributed by atoms with Crippen LogP contribution in [0.4, 0.5) is 0 Å². The number of fused-ring (bicyclic) bond motifs is 2. The van der Waals surface area contributed by atoms with Crippen molar-refractivity contribution in [3.63, 3.8) is 0 Å². The molecule has 5 unspecified atom stereocenters. The second-order valence-corrected chi connectivity index (χ2v) is 5.44. The van der Waals surface area contributed by atoms with Gasteiger partial charge in [-0.1, -0.05) is 0 Å². The summed E-state index contributed by atoms with van der Waals surface area (Å²) in [6.45, 7) is 3.19. The average Bonchev–Trinajstić information content (AvgIpc) is 2.93. The van der Waals surface area contributed by atoms with E-state index in [1.165, 1.54) is 0 Å². The standard InChI is InChI=1S/C13H23NO4/c1-2-18-7-10(15)6-14-12-9-4-3-8(5-9)11(12)13(16)17/h8-12,14-15H,2-7H2,1H3,(H,16,17). The van der Waals surface area contributed by atoms with Gasteiger partial charge >= 0.3 is 5.97 Å². The highest BCUT2D eigenvalue weighted by atomic mass is 16.5. The molecular formula is C13H23NO4. The first-order chi connectivity index (χ1) is 8.63. The Morgan fingerprint density at radius 3 is 2.83 bits per heavy atom. The number of aliphatic hydroxyl groups excluding tert-OH is 1. The quantitative estimate of drug-likeness (QED) is 0.618. The van der Waals surface area contributed by atoms with Crippen LogP contribution in [0.5, 0.6) is 0 Å². The van der Waals surface area contributed by atoms with E-state index in [1.54, 1.807) is 0 Å². The summed E-state index contributed by atoms with van der Waals surface area (Å²) < 4.78 is 5.14. The van der Waals surface area contributed by atoms with E-state index < -0.39 is 12.1 Å². The van der Waals surface area contributed by atoms with Gasteiger partial charge in [0.05, 0.1) is 18.6 Å². The molecule has 2 rings (SSSR count). The number of carbonyl (C=O) groups is 1. The van der Waals surface area contributed by atoms with Gasteiger partial charge in [0.15, 0.2) is 0 Å². The highest BCUT2D eigenvalue weighted by Gasteiger charge is 2.50. The zero-order valence-electron chi connectivity index (χ0n) is 10.8. The van der Waals surface area contributed by atoms with Crippen LogP contribution in [0.1, 0.15) is 26.2 Å². The number of ether oxygens (including phenoxy) is 1. The normalized spacial score (nSPS) is 35.9. The fourth-order valence-corrected chi connectivity index (χ4v) is 3.53. The number of nitrogens with one attached hydrogen (secondary N) is 1. The van der Waals surface area contributed by atoms with Gasteiger partial charge < -0.3 is 20.3 Å². The van der Waals surface area contributed by atoms with Gasteiger partial charge in [0.2, 0.25) is 0 Å². The van der Waals surface area contributed by atoms with Crippen LogP contribution in [0.25, 0.3) is 0 Å². The maximum Gasteiger partial charge on any atom is 0.308 e. The molecule has 18 heavy (non-hydrogen) atoms. The van der Waals surface area contributed by atoms with Crippen LogP contribution >= 0.6 is 0 Å². The zero-order chi connectivity index (χ0) is 13.1. The van der Waals surface area contributed by atoms with E-state index in [0.717, 1.165) is 19.3 Å². The lowest BCUT2D eigenvalue weighted by molar-refractivity contribution is -0.144. The number of hydrogen-bond donors (Lipinski definition) is 3. The Bertz CT molecular complexity index is 297. The summed E-state index contributed by atoms with van der Waals surface area (Å²) in [4.78, 5) is 11.3. The average molecular weight is 257 g/mol. The van der Waals surface area contributed by atoms with Gasteiger partial charge in [0.25, 0.3) is 0 Å². The summed E-state index contributed by atoms with van der Waals surface area (Å²) in [5.41, 5.74) is 0. The molecule has 0 aromatic rings. The Hall–Kier alpha value is -0.650. The van der Waals surface area contributed by atoms with Gasteiger partial charge in [-0.25, -0.2) is 0 Å². The minimum absolute atomic E-state index is 0.0255. The Balaban J connectivity index is 1.82. The molecule has 0 amide bonds. The van der Waals surface area contributed by atoms with Crippen LogP contribution in [-0.2, 0) is 9.53 Å². The monoisotopic (exact) mass is 257 g/mol. The van der Waals surface area contributed by atoms with E-state index in [0.29, 0.717) is 31.6 Å². The third-order valence-corrected chi connectivity index (χ3v) is 4.31. The Morgan fingerprint density at radius 1 is 1.44 bits per heavy atom. The fraction of sp³-hybridized carbons (Fsp3) is 0.923. The first-order valence-electron chi connectivity index (χ1n) is 6.85. The number of aliphatic carboxylic acids is 1. The summed E-state index contributed by atoms with van der Waals surface area (Å²) in [7, 11) is 0. The predicted octanol–water partition coefficient (Wildman–Crippen LogP) is 0.473. The summed E-state index contributed by atoms with van der Waals surface area (Å²) in [5.74, 6) is -0.175. The van der Waals surface area contributed by atoms with E-state index in [2.05, 4.69) is 5.32 Å². The third kappa shape index (κ3) is 2.84. The van der Waals surface area contributed by atoms with E-state index in [9.17, 15) is 15.0 Å². The molecule has 2 saturated carbocycles. The smallest absolute Gasteiger partial charge is 0.308 e. The first-order valence-corrected chi connectivity index (χ1v) is 6.85. The predicted molar refractivity (Wildman–Crippen MR) is 66.2 cm³/mol. The highest BCUT2D eigenvalue weighted by molar-refractivity contribution is 5.72. The number of aliphatic hydroxyl groups is 1. The maximum absolute atomic E-state index is 11.3. The molecule has 0 aromatic heterocycles. The minimum atomic E-state index is -0.695. The van der Waals surface area contributed by atoms with Crippen LogP contribution in [0.2, 0.25) is 0 Å². The minimum Gasteiger partial charge on any atom is -0.481 e. The number of hydrogen-bond acceptors (Lipinski definition) is 4. The van der Waals surface area contributed by atoms with Crippen molar-refractivity contribution in [1.82, 2.24) is 5.32 Å². The molecule has 2 aliphatic carbocycles. The molecule has 5 nitrogen and oxygen atoms in total. The first kappa shape index (κ1) is 13.8. The van der Waals surface area contributed by atoms with Crippen molar-refractivity contribution in [1.29, 1.82) is 0 Å². The lowest BCUT2D eigenvalue weighted by atomic mass is 9.84. The highest BCUT2D eigenvalue weighted by Crippen LogP contribution is 2.48. The molecule has 0 saturated heterocycles. The van der Waals surface area contributed by atoms with Crippen molar-refractivity contribution in [2.45, 2.75) is 38.3 Å². The number of carboxylic acid groups (broad SMARTS) is 1. The van der Waals surface area contributed by atoms with Crippen LogP contribution in [0, 0.1) is 17.8 Å². The van der Waals surface area contributed by atoms with E-state index in [-0.39, 0.29) is 12.0 Å². The molecule has 2 bridgehead atoms. The van der Waals surface area contributed by atoms with Crippen molar-refractivity contribution in [2.24, 2.45) is 17.8 Å². The molecule has 0 spiro atoms. The fourth-order valence-electron chi connectivity index (χ4n) is 3.53. The van der Waals surface area contributed by atoms with E-state index in [4.69, 9.17) is 4.74 Å². The van der Waals surface area contributed by atoms with Crippen molar-refractivity contribution < 1.29 is 19.7 Å².